The number of hydrogen-bond acceptors (Lipinski definition) is 3. The minimum absolute atomic E-state index is 0.00797. The van der Waals surface area contributed by atoms with Crippen molar-refractivity contribution in [3.05, 3.63) is 0 Å². The van der Waals surface area contributed by atoms with E-state index in [1.807, 2.05) is 6.92 Å². The molecule has 1 aliphatic rings. The SMILES string of the molecule is CC(=O)[C@@H]1CC(O)CN1C(=N)[C@@H](C)C(C)(C)C. The topological polar surface area (TPSA) is 64.4 Å². The molecule has 1 rings (SSSR count). The Balaban J connectivity index is 2.84. The highest BCUT2D eigenvalue weighted by atomic mass is 16.3. The van der Waals surface area contributed by atoms with Gasteiger partial charge in [0.05, 0.1) is 18.0 Å². The smallest absolute Gasteiger partial charge is 0.152 e. The van der Waals surface area contributed by atoms with Gasteiger partial charge in [0.2, 0.25) is 0 Å². The molecule has 0 amide bonds. The Hall–Kier alpha value is -0.900. The summed E-state index contributed by atoms with van der Waals surface area (Å²) in [5, 5.41) is 17.9. The van der Waals surface area contributed by atoms with Gasteiger partial charge in [-0.25, -0.2) is 0 Å². The highest BCUT2D eigenvalue weighted by Crippen LogP contribution is 2.30. The first kappa shape index (κ1) is 14.2. The first-order chi connectivity index (χ1) is 7.64. The summed E-state index contributed by atoms with van der Waals surface area (Å²) >= 11 is 0. The van der Waals surface area contributed by atoms with Gasteiger partial charge in [0, 0.05) is 18.9 Å². The van der Waals surface area contributed by atoms with Crippen molar-refractivity contribution >= 4 is 11.6 Å². The Kier molecular flexibility index (Phi) is 3.97. The molecule has 0 aromatic rings. The number of nitrogens with one attached hydrogen (secondary N) is 1. The number of ketones is 1. The van der Waals surface area contributed by atoms with Crippen LogP contribution < -0.4 is 0 Å². The highest BCUT2D eigenvalue weighted by molar-refractivity contribution is 5.90. The Morgan fingerprint density at radius 1 is 1.47 bits per heavy atom. The quantitative estimate of drug-likeness (QED) is 0.570. The normalized spacial score (nSPS) is 27.1. The van der Waals surface area contributed by atoms with E-state index in [1.165, 1.54) is 6.92 Å². The lowest BCUT2D eigenvalue weighted by Gasteiger charge is -2.35. The number of aliphatic hydroxyl groups is 1. The number of Topliss-reactive ketones (excluding diaryl/α,β-unsaturated/α-hetero) is 1. The highest BCUT2D eigenvalue weighted by Gasteiger charge is 2.38. The molecule has 1 fully saturated rings. The molecule has 0 aliphatic carbocycles. The summed E-state index contributed by atoms with van der Waals surface area (Å²) in [6, 6.07) is -0.317. The zero-order valence-corrected chi connectivity index (χ0v) is 11.4. The number of rotatable bonds is 2. The molecule has 1 unspecified atom stereocenters. The van der Waals surface area contributed by atoms with Crippen LogP contribution in [-0.4, -0.2) is 40.3 Å². The molecule has 1 aliphatic heterocycles. The summed E-state index contributed by atoms with van der Waals surface area (Å²) in [7, 11) is 0. The predicted octanol–water partition coefficient (Wildman–Crippen LogP) is 1.67. The first-order valence-corrected chi connectivity index (χ1v) is 6.18. The van der Waals surface area contributed by atoms with Crippen molar-refractivity contribution in [1.29, 1.82) is 5.41 Å². The van der Waals surface area contributed by atoms with E-state index >= 15 is 0 Å². The number of aliphatic hydroxyl groups excluding tert-OH is 1. The number of likely N-dealkylation sites (tertiary alicyclic amines) is 1. The third kappa shape index (κ3) is 3.06. The number of carbonyl (C=O) groups is 1. The lowest BCUT2D eigenvalue weighted by atomic mass is 9.81. The van der Waals surface area contributed by atoms with Gasteiger partial charge in [-0.05, 0) is 12.3 Å². The van der Waals surface area contributed by atoms with Crippen molar-refractivity contribution in [2.24, 2.45) is 11.3 Å². The zero-order valence-electron chi connectivity index (χ0n) is 11.4. The Bertz CT molecular complexity index is 320. The van der Waals surface area contributed by atoms with Crippen molar-refractivity contribution in [2.75, 3.05) is 6.54 Å². The van der Waals surface area contributed by atoms with Crippen molar-refractivity contribution in [3.8, 4) is 0 Å². The van der Waals surface area contributed by atoms with Crippen LogP contribution in [-0.2, 0) is 4.79 Å². The predicted molar refractivity (Wildman–Crippen MR) is 68.1 cm³/mol. The van der Waals surface area contributed by atoms with Gasteiger partial charge in [-0.2, -0.15) is 0 Å². The van der Waals surface area contributed by atoms with Crippen LogP contribution in [0.3, 0.4) is 0 Å². The van der Waals surface area contributed by atoms with Gasteiger partial charge in [-0.3, -0.25) is 10.2 Å². The van der Waals surface area contributed by atoms with Gasteiger partial charge in [0.1, 0.15) is 0 Å². The number of carbonyl (C=O) groups excluding carboxylic acids is 1. The molecule has 4 heteroatoms. The van der Waals surface area contributed by atoms with E-state index in [0.29, 0.717) is 18.8 Å². The molecule has 2 N–H and O–H groups in total. The fraction of sp³-hybridized carbons (Fsp3) is 0.846. The van der Waals surface area contributed by atoms with Crippen molar-refractivity contribution in [3.63, 3.8) is 0 Å². The van der Waals surface area contributed by atoms with Gasteiger partial charge >= 0.3 is 0 Å². The van der Waals surface area contributed by atoms with Gasteiger partial charge in [-0.15, -0.1) is 0 Å². The fourth-order valence-electron chi connectivity index (χ4n) is 2.12. The first-order valence-electron chi connectivity index (χ1n) is 6.18. The molecular weight excluding hydrogens is 216 g/mol. The third-order valence-corrected chi connectivity index (χ3v) is 3.77. The second-order valence-electron chi connectivity index (χ2n) is 6.14. The summed E-state index contributed by atoms with van der Waals surface area (Å²) in [6.07, 6.45) is -0.0365. The minimum Gasteiger partial charge on any atom is -0.391 e. The van der Waals surface area contributed by atoms with E-state index in [1.54, 1.807) is 4.90 Å². The molecule has 1 saturated heterocycles. The Morgan fingerprint density at radius 2 is 2.00 bits per heavy atom. The molecule has 0 aromatic heterocycles. The molecule has 98 valence electrons. The number of hydrogen-bond donors (Lipinski definition) is 2. The van der Waals surface area contributed by atoms with Crippen molar-refractivity contribution in [2.45, 2.75) is 53.2 Å². The maximum Gasteiger partial charge on any atom is 0.152 e. The van der Waals surface area contributed by atoms with Gasteiger partial charge < -0.3 is 10.0 Å². The third-order valence-electron chi connectivity index (χ3n) is 3.77. The van der Waals surface area contributed by atoms with Gasteiger partial charge in [0.15, 0.2) is 5.78 Å². The molecule has 17 heavy (non-hydrogen) atoms. The number of nitrogens with zero attached hydrogens (tertiary/aromatic N) is 1. The average Bonchev–Trinajstić information content (AvgIpc) is 2.56. The van der Waals surface area contributed by atoms with Gasteiger partial charge in [-0.1, -0.05) is 27.7 Å². The molecule has 0 radical (unpaired) electrons. The summed E-state index contributed by atoms with van der Waals surface area (Å²) < 4.78 is 0. The van der Waals surface area contributed by atoms with Gasteiger partial charge in [0.25, 0.3) is 0 Å². The molecule has 0 aromatic carbocycles. The van der Waals surface area contributed by atoms with Crippen molar-refractivity contribution in [1.82, 2.24) is 4.90 Å². The van der Waals surface area contributed by atoms with E-state index in [2.05, 4.69) is 20.8 Å². The standard InChI is InChI=1S/C13H24N2O2/c1-8(13(3,4)5)12(14)15-7-10(17)6-11(15)9(2)16/h8,10-11,14,17H,6-7H2,1-5H3/t8-,10?,11+/m1/s1. The second-order valence-corrected chi connectivity index (χ2v) is 6.14. The fourth-order valence-corrected chi connectivity index (χ4v) is 2.12. The van der Waals surface area contributed by atoms with E-state index in [-0.39, 0.29) is 23.2 Å². The van der Waals surface area contributed by atoms with E-state index in [0.717, 1.165) is 0 Å². The molecule has 0 spiro atoms. The molecule has 4 nitrogen and oxygen atoms in total. The molecule has 3 atom stereocenters. The molecule has 0 bridgehead atoms. The lowest BCUT2D eigenvalue weighted by Crippen LogP contribution is -2.45. The lowest BCUT2D eigenvalue weighted by molar-refractivity contribution is -0.120. The summed E-state index contributed by atoms with van der Waals surface area (Å²) in [5.74, 6) is 0.566. The summed E-state index contributed by atoms with van der Waals surface area (Å²) in [5.41, 5.74) is -0.00797. The average molecular weight is 240 g/mol. The van der Waals surface area contributed by atoms with E-state index < -0.39 is 6.10 Å². The molecule has 1 heterocycles. The summed E-state index contributed by atoms with van der Waals surface area (Å²) in [6.45, 7) is 10.2. The molecular formula is C13H24N2O2. The van der Waals surface area contributed by atoms with Crippen LogP contribution in [0.2, 0.25) is 0 Å². The van der Waals surface area contributed by atoms with Crippen LogP contribution in [0.25, 0.3) is 0 Å². The molecule has 0 saturated carbocycles. The van der Waals surface area contributed by atoms with E-state index in [9.17, 15) is 9.90 Å². The maximum absolute atomic E-state index is 11.5. The van der Waals surface area contributed by atoms with E-state index in [4.69, 9.17) is 5.41 Å². The maximum atomic E-state index is 11.5. The Labute approximate surface area is 104 Å². The zero-order chi connectivity index (χ0) is 13.4. The Morgan fingerprint density at radius 3 is 2.41 bits per heavy atom. The van der Waals surface area contributed by atoms with Crippen LogP contribution in [0.4, 0.5) is 0 Å². The number of amidine groups is 1. The number of β-amino-alcohol motifs (C(OH)–C–C–N with tert-alkyl or cyclic N) is 1. The van der Waals surface area contributed by atoms with Crippen LogP contribution in [0, 0.1) is 16.7 Å². The minimum atomic E-state index is -0.489. The summed E-state index contributed by atoms with van der Waals surface area (Å²) in [4.78, 5) is 13.3. The van der Waals surface area contributed by atoms with Crippen LogP contribution in [0.15, 0.2) is 0 Å². The van der Waals surface area contributed by atoms with Crippen LogP contribution in [0.5, 0.6) is 0 Å². The largest absolute Gasteiger partial charge is 0.391 e. The monoisotopic (exact) mass is 240 g/mol. The van der Waals surface area contributed by atoms with Crippen molar-refractivity contribution < 1.29 is 9.90 Å². The van der Waals surface area contributed by atoms with Crippen LogP contribution >= 0.6 is 0 Å². The second kappa shape index (κ2) is 4.77. The van der Waals surface area contributed by atoms with Crippen LogP contribution in [0.1, 0.15) is 41.0 Å².